The number of aliphatic hydroxyl groups is 1. The van der Waals surface area contributed by atoms with Crippen molar-refractivity contribution < 1.29 is 13.5 Å². The van der Waals surface area contributed by atoms with E-state index in [2.05, 4.69) is 0 Å². The molecule has 2 aliphatic rings. The molecule has 0 radical (unpaired) electrons. The first-order chi connectivity index (χ1) is 8.37. The van der Waals surface area contributed by atoms with Crippen LogP contribution in [0.25, 0.3) is 0 Å². The first-order valence-corrected chi connectivity index (χ1v) is 8.25. The molecule has 3 N–H and O–H groups in total. The van der Waals surface area contributed by atoms with Crippen LogP contribution in [0.3, 0.4) is 0 Å². The van der Waals surface area contributed by atoms with Crippen LogP contribution in [0, 0.1) is 11.8 Å². The second-order valence-electron chi connectivity index (χ2n) is 5.23. The predicted molar refractivity (Wildman–Crippen MR) is 73.6 cm³/mol. The minimum atomic E-state index is -3.46. The molecule has 4 unspecified atom stereocenters. The highest BCUT2D eigenvalue weighted by Gasteiger charge is 2.47. The van der Waals surface area contributed by atoms with Gasteiger partial charge in [0, 0.05) is 19.0 Å². The molecule has 0 aromatic carbocycles. The number of fused-ring (bicyclic) bond motifs is 1. The summed E-state index contributed by atoms with van der Waals surface area (Å²) in [6, 6.07) is 0. The Balaban J connectivity index is 2.16. The van der Waals surface area contributed by atoms with Crippen LogP contribution in [-0.4, -0.2) is 47.3 Å². The van der Waals surface area contributed by atoms with Crippen LogP contribution in [0.4, 0.5) is 0 Å². The number of nitrogens with two attached hydrogens (primary N) is 1. The second-order valence-corrected chi connectivity index (χ2v) is 7.82. The Bertz CT molecular complexity index is 438. The van der Waals surface area contributed by atoms with E-state index < -0.39 is 15.3 Å². The number of rotatable bonds is 4. The molecule has 2 fully saturated rings. The molecule has 7 heteroatoms. The molecule has 1 aliphatic heterocycles. The first kappa shape index (κ1) is 14.2. The zero-order valence-corrected chi connectivity index (χ0v) is 12.1. The van der Waals surface area contributed by atoms with Gasteiger partial charge < -0.3 is 10.8 Å². The number of aliphatic hydroxyl groups excluding tert-OH is 1. The van der Waals surface area contributed by atoms with Crippen molar-refractivity contribution in [3.63, 3.8) is 0 Å². The zero-order valence-electron chi connectivity index (χ0n) is 10.4. The molecule has 1 aliphatic carbocycles. The Hall–Kier alpha value is -0.240. The molecule has 0 aromatic heterocycles. The molecule has 0 bridgehead atoms. The lowest BCUT2D eigenvalue weighted by Gasteiger charge is -2.23. The van der Waals surface area contributed by atoms with Crippen LogP contribution >= 0.6 is 12.2 Å². The number of nitrogens with zero attached hydrogens (tertiary/aromatic N) is 1. The van der Waals surface area contributed by atoms with E-state index in [1.54, 1.807) is 6.92 Å². The number of thiocarbonyl (C=S) groups is 1. The van der Waals surface area contributed by atoms with Crippen LogP contribution in [0.5, 0.6) is 0 Å². The number of hydrogen-bond acceptors (Lipinski definition) is 4. The molecule has 4 atom stereocenters. The monoisotopic (exact) mass is 292 g/mol. The van der Waals surface area contributed by atoms with Crippen LogP contribution in [-0.2, 0) is 10.0 Å². The smallest absolute Gasteiger partial charge is 0.223 e. The summed E-state index contributed by atoms with van der Waals surface area (Å²) >= 11 is 4.85. The SMILES string of the molecule is CCC(C(N)=S)S(=O)(=O)N1CC2CCC(O)C2C1. The number of hydrogen-bond donors (Lipinski definition) is 2. The van der Waals surface area contributed by atoms with E-state index in [4.69, 9.17) is 18.0 Å². The fourth-order valence-corrected chi connectivity index (χ4v) is 5.53. The fourth-order valence-electron chi connectivity index (χ4n) is 3.14. The van der Waals surface area contributed by atoms with Gasteiger partial charge in [0.1, 0.15) is 5.25 Å². The van der Waals surface area contributed by atoms with Crippen molar-refractivity contribution in [1.82, 2.24) is 4.31 Å². The fraction of sp³-hybridized carbons (Fsp3) is 0.909. The van der Waals surface area contributed by atoms with Gasteiger partial charge in [0.2, 0.25) is 10.0 Å². The number of sulfonamides is 1. The highest BCUT2D eigenvalue weighted by Crippen LogP contribution is 2.39. The largest absolute Gasteiger partial charge is 0.393 e. The topological polar surface area (TPSA) is 83.6 Å². The zero-order chi connectivity index (χ0) is 13.5. The lowest BCUT2D eigenvalue weighted by Crippen LogP contribution is -2.44. The molecule has 18 heavy (non-hydrogen) atoms. The molecule has 104 valence electrons. The normalized spacial score (nSPS) is 34.4. The average Bonchev–Trinajstić information content (AvgIpc) is 2.81. The molecule has 1 saturated carbocycles. The van der Waals surface area contributed by atoms with Crippen LogP contribution < -0.4 is 5.73 Å². The van der Waals surface area contributed by atoms with Crippen molar-refractivity contribution in [3.8, 4) is 0 Å². The molecule has 0 amide bonds. The van der Waals surface area contributed by atoms with Crippen LogP contribution in [0.1, 0.15) is 26.2 Å². The molecule has 0 spiro atoms. The molecule has 1 heterocycles. The van der Waals surface area contributed by atoms with Gasteiger partial charge in [0.15, 0.2) is 0 Å². The summed E-state index contributed by atoms with van der Waals surface area (Å²) in [6.45, 7) is 2.68. The van der Waals surface area contributed by atoms with E-state index in [0.717, 1.165) is 12.8 Å². The lowest BCUT2D eigenvalue weighted by molar-refractivity contribution is 0.129. The van der Waals surface area contributed by atoms with Gasteiger partial charge in [-0.25, -0.2) is 12.7 Å². The Morgan fingerprint density at radius 2 is 2.17 bits per heavy atom. The van der Waals surface area contributed by atoms with Crippen molar-refractivity contribution in [2.75, 3.05) is 13.1 Å². The van der Waals surface area contributed by atoms with Crippen molar-refractivity contribution in [3.05, 3.63) is 0 Å². The van der Waals surface area contributed by atoms with Crippen LogP contribution in [0.2, 0.25) is 0 Å². The maximum absolute atomic E-state index is 12.4. The van der Waals surface area contributed by atoms with E-state index in [0.29, 0.717) is 25.4 Å². The lowest BCUT2D eigenvalue weighted by atomic mass is 10.00. The second kappa shape index (κ2) is 5.03. The third-order valence-corrected chi connectivity index (χ3v) is 6.95. The van der Waals surface area contributed by atoms with Gasteiger partial charge in [0.25, 0.3) is 0 Å². The van der Waals surface area contributed by atoms with E-state index >= 15 is 0 Å². The summed E-state index contributed by atoms with van der Waals surface area (Å²) in [5.74, 6) is 0.377. The third-order valence-electron chi connectivity index (χ3n) is 4.19. The summed E-state index contributed by atoms with van der Waals surface area (Å²) in [5, 5.41) is 9.04. The van der Waals surface area contributed by atoms with Crippen molar-refractivity contribution in [2.45, 2.75) is 37.5 Å². The first-order valence-electron chi connectivity index (χ1n) is 6.34. The summed E-state index contributed by atoms with van der Waals surface area (Å²) in [4.78, 5) is 0.0371. The summed E-state index contributed by atoms with van der Waals surface area (Å²) in [5.41, 5.74) is 5.52. The Kier molecular flexibility index (Phi) is 3.96. The van der Waals surface area contributed by atoms with Crippen LogP contribution in [0.15, 0.2) is 0 Å². The molecular formula is C11H20N2O3S2. The van der Waals surface area contributed by atoms with Gasteiger partial charge in [-0.2, -0.15) is 0 Å². The van der Waals surface area contributed by atoms with E-state index in [-0.39, 0.29) is 17.0 Å². The highest BCUT2D eigenvalue weighted by atomic mass is 32.2. The molecule has 5 nitrogen and oxygen atoms in total. The predicted octanol–water partition coefficient (Wildman–Crippen LogP) is 0.0836. The summed E-state index contributed by atoms with van der Waals surface area (Å²) in [7, 11) is -3.46. The maximum Gasteiger partial charge on any atom is 0.223 e. The van der Waals surface area contributed by atoms with E-state index in [1.165, 1.54) is 4.31 Å². The third kappa shape index (κ3) is 2.29. The van der Waals surface area contributed by atoms with E-state index in [9.17, 15) is 13.5 Å². The van der Waals surface area contributed by atoms with Gasteiger partial charge >= 0.3 is 0 Å². The van der Waals surface area contributed by atoms with Gasteiger partial charge in [0.05, 0.1) is 11.1 Å². The Morgan fingerprint density at radius 3 is 2.67 bits per heavy atom. The van der Waals surface area contributed by atoms with Crippen molar-refractivity contribution in [1.29, 1.82) is 0 Å². The quantitative estimate of drug-likeness (QED) is 0.717. The molecule has 2 rings (SSSR count). The van der Waals surface area contributed by atoms with Gasteiger partial charge in [-0.3, -0.25) is 0 Å². The van der Waals surface area contributed by atoms with Gasteiger partial charge in [-0.15, -0.1) is 0 Å². The standard InChI is InChI=1S/C11H20N2O3S2/c1-2-10(11(12)17)18(15,16)13-5-7-3-4-9(14)8(7)6-13/h7-10,14H,2-6H2,1H3,(H2,12,17). The van der Waals surface area contributed by atoms with Crippen molar-refractivity contribution >= 4 is 27.2 Å². The Morgan fingerprint density at radius 1 is 1.50 bits per heavy atom. The summed E-state index contributed by atoms with van der Waals surface area (Å²) < 4.78 is 26.3. The average molecular weight is 292 g/mol. The van der Waals surface area contributed by atoms with E-state index in [1.807, 2.05) is 0 Å². The van der Waals surface area contributed by atoms with Gasteiger partial charge in [-0.05, 0) is 25.2 Å². The highest BCUT2D eigenvalue weighted by molar-refractivity contribution is 7.92. The molecule has 0 aromatic rings. The molecular weight excluding hydrogens is 272 g/mol. The summed E-state index contributed by atoms with van der Waals surface area (Å²) in [6.07, 6.45) is 1.73. The van der Waals surface area contributed by atoms with Crippen molar-refractivity contribution in [2.24, 2.45) is 17.6 Å². The maximum atomic E-state index is 12.4. The minimum Gasteiger partial charge on any atom is -0.393 e. The minimum absolute atomic E-state index is 0.0371. The Labute approximate surface area is 113 Å². The van der Waals surface area contributed by atoms with Gasteiger partial charge in [-0.1, -0.05) is 19.1 Å². The molecule has 1 saturated heterocycles.